The number of carbonyl (C=O) groups is 2. The second-order valence-corrected chi connectivity index (χ2v) is 9.15. The molecule has 0 radical (unpaired) electrons. The zero-order valence-electron chi connectivity index (χ0n) is 19.9. The molecule has 1 saturated heterocycles. The molecule has 190 valence electrons. The van der Waals surface area contributed by atoms with Gasteiger partial charge in [-0.05, 0) is 25.0 Å². The van der Waals surface area contributed by atoms with Crippen molar-refractivity contribution in [2.75, 3.05) is 42.9 Å². The molecule has 3 aromatic rings. The highest BCUT2D eigenvalue weighted by Crippen LogP contribution is 2.28. The van der Waals surface area contributed by atoms with Crippen LogP contribution < -0.4 is 15.5 Å². The van der Waals surface area contributed by atoms with Crippen molar-refractivity contribution in [1.82, 2.24) is 20.5 Å². The van der Waals surface area contributed by atoms with Gasteiger partial charge in [-0.3, -0.25) is 9.59 Å². The minimum absolute atomic E-state index is 0.0200. The highest BCUT2D eigenvalue weighted by molar-refractivity contribution is 5.86. The Morgan fingerprint density at radius 1 is 1.06 bits per heavy atom. The van der Waals surface area contributed by atoms with Crippen LogP contribution in [0, 0.1) is 11.7 Å². The molecule has 3 heterocycles. The fourth-order valence-electron chi connectivity index (χ4n) is 4.74. The van der Waals surface area contributed by atoms with Gasteiger partial charge in [-0.25, -0.2) is 4.39 Å². The van der Waals surface area contributed by atoms with Crippen LogP contribution in [0.5, 0.6) is 0 Å². The molecule has 2 fully saturated rings. The predicted octanol–water partition coefficient (Wildman–Crippen LogP) is 3.04. The van der Waals surface area contributed by atoms with E-state index in [1.54, 1.807) is 29.2 Å². The molecule has 0 spiro atoms. The molecule has 1 saturated carbocycles. The fraction of sp³-hybridized carbons (Fsp3) is 0.440. The Balaban J connectivity index is 1.12. The van der Waals surface area contributed by atoms with E-state index in [1.807, 2.05) is 4.90 Å². The zero-order chi connectivity index (χ0) is 24.9. The van der Waals surface area contributed by atoms with Crippen LogP contribution in [-0.2, 0) is 16.1 Å². The van der Waals surface area contributed by atoms with Crippen molar-refractivity contribution >= 4 is 23.3 Å². The molecule has 1 aromatic carbocycles. The largest absolute Gasteiger partial charge is 0.366 e. The lowest BCUT2D eigenvalue weighted by Crippen LogP contribution is -2.51. The second kappa shape index (κ2) is 10.8. The second-order valence-electron chi connectivity index (χ2n) is 9.15. The first-order chi connectivity index (χ1) is 17.6. The van der Waals surface area contributed by atoms with Gasteiger partial charge in [0.05, 0.1) is 18.8 Å². The Bertz CT molecular complexity index is 1180. The third-order valence-corrected chi connectivity index (χ3v) is 6.80. The smallest absolute Gasteiger partial charge is 0.242 e. The predicted molar refractivity (Wildman–Crippen MR) is 129 cm³/mol. The monoisotopic (exact) mass is 496 g/mol. The summed E-state index contributed by atoms with van der Waals surface area (Å²) in [7, 11) is 0. The summed E-state index contributed by atoms with van der Waals surface area (Å²) in [5.74, 6) is 0.724. The number of hydrogen-bond acceptors (Lipinski definition) is 8. The number of rotatable bonds is 8. The molecular weight excluding hydrogens is 467 g/mol. The van der Waals surface area contributed by atoms with E-state index in [1.165, 1.54) is 12.3 Å². The van der Waals surface area contributed by atoms with Gasteiger partial charge in [-0.1, -0.05) is 29.2 Å². The van der Waals surface area contributed by atoms with E-state index in [9.17, 15) is 9.59 Å². The summed E-state index contributed by atoms with van der Waals surface area (Å²) in [5.41, 5.74) is 1.63. The van der Waals surface area contributed by atoms with Crippen LogP contribution in [0.25, 0.3) is 11.3 Å². The maximum absolute atomic E-state index is 15.0. The third kappa shape index (κ3) is 5.50. The number of amides is 2. The van der Waals surface area contributed by atoms with Gasteiger partial charge < -0.3 is 29.5 Å². The minimum atomic E-state index is -0.360. The maximum atomic E-state index is 15.0. The molecule has 2 aliphatic rings. The Hall–Kier alpha value is -3.89. The molecule has 10 nitrogen and oxygen atoms in total. The van der Waals surface area contributed by atoms with Gasteiger partial charge in [-0.15, -0.1) is 0 Å². The molecule has 0 bridgehead atoms. The number of benzene rings is 1. The molecule has 36 heavy (non-hydrogen) atoms. The molecule has 2 aromatic heterocycles. The number of piperazine rings is 1. The number of nitrogens with zero attached hydrogens (tertiary/aromatic N) is 4. The zero-order valence-corrected chi connectivity index (χ0v) is 19.9. The van der Waals surface area contributed by atoms with Crippen LogP contribution in [0.4, 0.5) is 15.9 Å². The van der Waals surface area contributed by atoms with Crippen molar-refractivity contribution in [3.8, 4) is 11.3 Å². The quantitative estimate of drug-likeness (QED) is 0.489. The van der Waals surface area contributed by atoms with Crippen molar-refractivity contribution in [2.24, 2.45) is 5.92 Å². The Morgan fingerprint density at radius 2 is 1.86 bits per heavy atom. The highest BCUT2D eigenvalue weighted by atomic mass is 19.1. The molecule has 2 amide bonds. The summed E-state index contributed by atoms with van der Waals surface area (Å²) in [6.07, 6.45) is 5.43. The molecule has 5 rings (SSSR count). The van der Waals surface area contributed by atoms with Crippen molar-refractivity contribution < 1.29 is 23.0 Å². The molecule has 1 aliphatic heterocycles. The van der Waals surface area contributed by atoms with Crippen LogP contribution in [-0.4, -0.2) is 59.8 Å². The lowest BCUT2D eigenvalue weighted by Gasteiger charge is -2.36. The fourth-order valence-corrected chi connectivity index (χ4v) is 4.74. The van der Waals surface area contributed by atoms with Gasteiger partial charge in [0.25, 0.3) is 0 Å². The summed E-state index contributed by atoms with van der Waals surface area (Å²) >= 11 is 0. The summed E-state index contributed by atoms with van der Waals surface area (Å²) in [6.45, 7) is 2.37. The van der Waals surface area contributed by atoms with E-state index in [-0.39, 0.29) is 30.1 Å². The molecule has 11 heteroatoms. The standard InChI is InChI=1S/C25H29FN6O4/c26-20-13-18(21-14-19(36-29-21)15-27-23-7-12-35-30-23)5-6-22(20)31-8-10-32(11-9-31)24(33)16-28-25(34)17-3-1-2-4-17/h5-7,12-14,17H,1-4,8-11,15-16H2,(H,27,30)(H,28,34). The summed E-state index contributed by atoms with van der Waals surface area (Å²) in [4.78, 5) is 28.4. The molecule has 2 N–H and O–H groups in total. The van der Waals surface area contributed by atoms with E-state index in [0.717, 1.165) is 25.7 Å². The van der Waals surface area contributed by atoms with Crippen molar-refractivity contribution in [3.63, 3.8) is 0 Å². The maximum Gasteiger partial charge on any atom is 0.242 e. The van der Waals surface area contributed by atoms with Gasteiger partial charge in [0, 0.05) is 49.8 Å². The average molecular weight is 497 g/mol. The van der Waals surface area contributed by atoms with Crippen molar-refractivity contribution in [1.29, 1.82) is 0 Å². The van der Waals surface area contributed by atoms with E-state index >= 15 is 4.39 Å². The summed E-state index contributed by atoms with van der Waals surface area (Å²) < 4.78 is 25.1. The number of carbonyl (C=O) groups excluding carboxylic acids is 2. The Kier molecular flexibility index (Phi) is 7.15. The Morgan fingerprint density at radius 3 is 2.58 bits per heavy atom. The van der Waals surface area contributed by atoms with Gasteiger partial charge in [0.1, 0.15) is 17.8 Å². The van der Waals surface area contributed by atoms with Gasteiger partial charge in [0.2, 0.25) is 11.8 Å². The van der Waals surface area contributed by atoms with Crippen LogP contribution >= 0.6 is 0 Å². The number of hydrogen-bond donors (Lipinski definition) is 2. The number of nitrogens with one attached hydrogen (secondary N) is 2. The third-order valence-electron chi connectivity index (χ3n) is 6.80. The van der Waals surface area contributed by atoms with Crippen LogP contribution in [0.2, 0.25) is 0 Å². The summed E-state index contributed by atoms with van der Waals surface area (Å²) in [6, 6.07) is 8.42. The first kappa shape index (κ1) is 23.8. The first-order valence-corrected chi connectivity index (χ1v) is 12.3. The highest BCUT2D eigenvalue weighted by Gasteiger charge is 2.26. The van der Waals surface area contributed by atoms with Crippen LogP contribution in [0.15, 0.2) is 45.6 Å². The van der Waals surface area contributed by atoms with Gasteiger partial charge in [0.15, 0.2) is 11.6 Å². The molecular formula is C25H29FN6O4. The van der Waals surface area contributed by atoms with Gasteiger partial charge in [-0.2, -0.15) is 0 Å². The number of anilines is 2. The molecule has 0 unspecified atom stereocenters. The Labute approximate surface area is 207 Å². The first-order valence-electron chi connectivity index (χ1n) is 12.3. The lowest BCUT2D eigenvalue weighted by molar-refractivity contribution is -0.134. The number of halogens is 1. The number of aromatic nitrogens is 2. The minimum Gasteiger partial charge on any atom is -0.366 e. The summed E-state index contributed by atoms with van der Waals surface area (Å²) in [5, 5.41) is 13.6. The van der Waals surface area contributed by atoms with Gasteiger partial charge >= 0.3 is 0 Å². The van der Waals surface area contributed by atoms with Crippen LogP contribution in [0.3, 0.4) is 0 Å². The van der Waals surface area contributed by atoms with Crippen molar-refractivity contribution in [2.45, 2.75) is 32.2 Å². The SMILES string of the molecule is O=C(NCC(=O)N1CCN(c2ccc(-c3cc(CNc4ccon4)on3)cc2F)CC1)C1CCCC1. The van der Waals surface area contributed by atoms with E-state index in [4.69, 9.17) is 9.05 Å². The van der Waals surface area contributed by atoms with E-state index in [0.29, 0.717) is 61.2 Å². The lowest BCUT2D eigenvalue weighted by atomic mass is 10.1. The molecule has 0 atom stereocenters. The molecule has 1 aliphatic carbocycles. The average Bonchev–Trinajstić information content (AvgIpc) is 3.69. The van der Waals surface area contributed by atoms with E-state index < -0.39 is 0 Å². The topological polar surface area (TPSA) is 117 Å². The van der Waals surface area contributed by atoms with Crippen molar-refractivity contribution in [3.05, 3.63) is 48.2 Å². The normalized spacial score (nSPS) is 16.4. The van der Waals surface area contributed by atoms with E-state index in [2.05, 4.69) is 20.9 Å². The van der Waals surface area contributed by atoms with Crippen LogP contribution in [0.1, 0.15) is 31.4 Å².